The van der Waals surface area contributed by atoms with Crippen molar-refractivity contribution in [1.82, 2.24) is 9.80 Å². The molecule has 2 rings (SSSR count). The summed E-state index contributed by atoms with van der Waals surface area (Å²) in [6, 6.07) is 0. The number of imide groups is 1. The lowest BCUT2D eigenvalue weighted by Gasteiger charge is -2.19. The van der Waals surface area contributed by atoms with Gasteiger partial charge in [-0.2, -0.15) is 0 Å². The lowest BCUT2D eigenvalue weighted by molar-refractivity contribution is -0.139. The smallest absolute Gasteiger partial charge is 0.229 e. The summed E-state index contributed by atoms with van der Waals surface area (Å²) < 4.78 is 0. The zero-order chi connectivity index (χ0) is 13.8. The van der Waals surface area contributed by atoms with Gasteiger partial charge in [0.15, 0.2) is 0 Å². The Morgan fingerprint density at radius 3 is 2.58 bits per heavy atom. The van der Waals surface area contributed by atoms with Crippen molar-refractivity contribution in [1.29, 1.82) is 0 Å². The standard InChI is InChI=1S/C13H20N2O4/c16-8-5-10-3-6-14(9-10)11(17)4-7-15-12(18)1-2-13(15)19/h10,16H,1-9H2. The fourth-order valence-corrected chi connectivity index (χ4v) is 2.72. The summed E-state index contributed by atoms with van der Waals surface area (Å²) in [6.07, 6.45) is 2.41. The highest BCUT2D eigenvalue weighted by molar-refractivity contribution is 6.02. The molecule has 106 valence electrons. The molecule has 2 saturated heterocycles. The molecule has 1 atom stereocenters. The molecule has 0 aromatic heterocycles. The summed E-state index contributed by atoms with van der Waals surface area (Å²) in [5.41, 5.74) is 0. The second kappa shape index (κ2) is 6.14. The van der Waals surface area contributed by atoms with Gasteiger partial charge in [-0.15, -0.1) is 0 Å². The van der Waals surface area contributed by atoms with Crippen LogP contribution in [0, 0.1) is 5.92 Å². The van der Waals surface area contributed by atoms with Crippen LogP contribution in [0.3, 0.4) is 0 Å². The van der Waals surface area contributed by atoms with E-state index in [4.69, 9.17) is 5.11 Å². The third-order valence-corrected chi connectivity index (χ3v) is 3.88. The van der Waals surface area contributed by atoms with Crippen molar-refractivity contribution in [3.63, 3.8) is 0 Å². The van der Waals surface area contributed by atoms with Gasteiger partial charge in [-0.05, 0) is 18.8 Å². The van der Waals surface area contributed by atoms with Gasteiger partial charge in [0, 0.05) is 45.5 Å². The minimum Gasteiger partial charge on any atom is -0.396 e. The van der Waals surface area contributed by atoms with Crippen LogP contribution in [0.1, 0.15) is 32.1 Å². The first-order valence-electron chi connectivity index (χ1n) is 6.83. The minimum absolute atomic E-state index is 0.00654. The predicted molar refractivity (Wildman–Crippen MR) is 67.0 cm³/mol. The molecule has 2 fully saturated rings. The van der Waals surface area contributed by atoms with Gasteiger partial charge in [-0.25, -0.2) is 0 Å². The highest BCUT2D eigenvalue weighted by Crippen LogP contribution is 2.20. The number of hydrogen-bond donors (Lipinski definition) is 1. The van der Waals surface area contributed by atoms with E-state index >= 15 is 0 Å². The first kappa shape index (κ1) is 14.0. The molecule has 19 heavy (non-hydrogen) atoms. The lowest BCUT2D eigenvalue weighted by Crippen LogP contribution is -2.35. The number of nitrogens with zero attached hydrogens (tertiary/aromatic N) is 2. The van der Waals surface area contributed by atoms with E-state index in [-0.39, 0.29) is 50.1 Å². The van der Waals surface area contributed by atoms with Gasteiger partial charge in [0.1, 0.15) is 0 Å². The maximum absolute atomic E-state index is 12.0. The van der Waals surface area contributed by atoms with Gasteiger partial charge in [-0.3, -0.25) is 19.3 Å². The predicted octanol–water partition coefficient (Wildman–Crippen LogP) is -0.244. The van der Waals surface area contributed by atoms with E-state index in [0.29, 0.717) is 19.0 Å². The van der Waals surface area contributed by atoms with Gasteiger partial charge in [0.2, 0.25) is 17.7 Å². The molecular formula is C13H20N2O4. The third-order valence-electron chi connectivity index (χ3n) is 3.88. The second-order valence-corrected chi connectivity index (χ2v) is 5.20. The van der Waals surface area contributed by atoms with Gasteiger partial charge in [0.25, 0.3) is 0 Å². The van der Waals surface area contributed by atoms with E-state index < -0.39 is 0 Å². The second-order valence-electron chi connectivity index (χ2n) is 5.20. The Hall–Kier alpha value is -1.43. The SMILES string of the molecule is O=C(CCN1C(=O)CCC1=O)N1CCC(CCO)C1. The molecule has 0 spiro atoms. The number of aliphatic hydroxyl groups excluding tert-OH is 1. The maximum Gasteiger partial charge on any atom is 0.229 e. The number of carbonyl (C=O) groups excluding carboxylic acids is 3. The van der Waals surface area contributed by atoms with Gasteiger partial charge >= 0.3 is 0 Å². The zero-order valence-corrected chi connectivity index (χ0v) is 11.0. The van der Waals surface area contributed by atoms with Crippen LogP contribution < -0.4 is 0 Å². The van der Waals surface area contributed by atoms with Gasteiger partial charge in [-0.1, -0.05) is 0 Å². The number of likely N-dealkylation sites (tertiary alicyclic amines) is 2. The molecular weight excluding hydrogens is 248 g/mol. The summed E-state index contributed by atoms with van der Waals surface area (Å²) in [7, 11) is 0. The normalized spacial score (nSPS) is 23.5. The zero-order valence-electron chi connectivity index (χ0n) is 11.0. The molecule has 2 aliphatic heterocycles. The van der Waals surface area contributed by atoms with E-state index in [1.165, 1.54) is 4.90 Å². The van der Waals surface area contributed by atoms with E-state index in [9.17, 15) is 14.4 Å². The Bertz CT molecular complexity index is 367. The molecule has 0 saturated carbocycles. The van der Waals surface area contributed by atoms with Gasteiger partial charge in [0.05, 0.1) is 0 Å². The van der Waals surface area contributed by atoms with Crippen molar-refractivity contribution in [3.8, 4) is 0 Å². The van der Waals surface area contributed by atoms with E-state index in [2.05, 4.69) is 0 Å². The molecule has 3 amide bonds. The number of carbonyl (C=O) groups is 3. The lowest BCUT2D eigenvalue weighted by atomic mass is 10.1. The Morgan fingerprint density at radius 1 is 1.26 bits per heavy atom. The minimum atomic E-state index is -0.169. The summed E-state index contributed by atoms with van der Waals surface area (Å²) in [4.78, 5) is 37.8. The fourth-order valence-electron chi connectivity index (χ4n) is 2.72. The molecule has 2 aliphatic rings. The molecule has 0 radical (unpaired) electrons. The molecule has 2 heterocycles. The van der Waals surface area contributed by atoms with Crippen LogP contribution in [-0.4, -0.2) is 58.9 Å². The molecule has 6 nitrogen and oxygen atoms in total. The van der Waals surface area contributed by atoms with E-state index in [1.807, 2.05) is 0 Å². The number of amides is 3. The fraction of sp³-hybridized carbons (Fsp3) is 0.769. The third kappa shape index (κ3) is 3.32. The van der Waals surface area contributed by atoms with Crippen LogP contribution in [0.4, 0.5) is 0 Å². The van der Waals surface area contributed by atoms with Crippen molar-refractivity contribution in [2.75, 3.05) is 26.2 Å². The number of hydrogen-bond acceptors (Lipinski definition) is 4. The Labute approximate surface area is 112 Å². The summed E-state index contributed by atoms with van der Waals surface area (Å²) in [5.74, 6) is 0.0340. The van der Waals surface area contributed by atoms with Crippen molar-refractivity contribution < 1.29 is 19.5 Å². The first-order chi connectivity index (χ1) is 9.11. The Balaban J connectivity index is 1.76. The Morgan fingerprint density at radius 2 is 1.95 bits per heavy atom. The maximum atomic E-state index is 12.0. The van der Waals surface area contributed by atoms with Crippen LogP contribution in [0.5, 0.6) is 0 Å². The molecule has 1 N–H and O–H groups in total. The number of aliphatic hydroxyl groups is 1. The largest absolute Gasteiger partial charge is 0.396 e. The molecule has 0 aromatic rings. The summed E-state index contributed by atoms with van der Waals surface area (Å²) in [6.45, 7) is 1.76. The molecule has 0 aliphatic carbocycles. The van der Waals surface area contributed by atoms with Gasteiger partial charge < -0.3 is 10.0 Å². The summed E-state index contributed by atoms with van der Waals surface area (Å²) in [5, 5.41) is 8.87. The first-order valence-corrected chi connectivity index (χ1v) is 6.83. The van der Waals surface area contributed by atoms with Crippen LogP contribution in [0.25, 0.3) is 0 Å². The highest BCUT2D eigenvalue weighted by Gasteiger charge is 2.30. The summed E-state index contributed by atoms with van der Waals surface area (Å²) >= 11 is 0. The molecule has 6 heteroatoms. The monoisotopic (exact) mass is 268 g/mol. The highest BCUT2D eigenvalue weighted by atomic mass is 16.3. The molecule has 0 aromatic carbocycles. The van der Waals surface area contributed by atoms with Crippen molar-refractivity contribution in [3.05, 3.63) is 0 Å². The number of rotatable bonds is 5. The van der Waals surface area contributed by atoms with E-state index in [1.54, 1.807) is 4.90 Å². The topological polar surface area (TPSA) is 77.9 Å². The molecule has 0 bridgehead atoms. The quantitative estimate of drug-likeness (QED) is 0.698. The average molecular weight is 268 g/mol. The van der Waals surface area contributed by atoms with Crippen LogP contribution in [0.15, 0.2) is 0 Å². The molecule has 1 unspecified atom stereocenters. The van der Waals surface area contributed by atoms with Crippen molar-refractivity contribution >= 4 is 17.7 Å². The van der Waals surface area contributed by atoms with Crippen LogP contribution in [-0.2, 0) is 14.4 Å². The Kier molecular flexibility index (Phi) is 4.52. The van der Waals surface area contributed by atoms with Crippen molar-refractivity contribution in [2.24, 2.45) is 5.92 Å². The van der Waals surface area contributed by atoms with E-state index in [0.717, 1.165) is 12.8 Å². The van der Waals surface area contributed by atoms with Crippen molar-refractivity contribution in [2.45, 2.75) is 32.1 Å². The van der Waals surface area contributed by atoms with Crippen LogP contribution in [0.2, 0.25) is 0 Å². The van der Waals surface area contributed by atoms with Crippen LogP contribution >= 0.6 is 0 Å². The average Bonchev–Trinajstić information content (AvgIpc) is 2.96.